The Labute approximate surface area is 133 Å². The van der Waals surface area contributed by atoms with E-state index in [-0.39, 0.29) is 0 Å². The summed E-state index contributed by atoms with van der Waals surface area (Å²) in [4.78, 5) is 4.14. The molecule has 0 saturated heterocycles. The Morgan fingerprint density at radius 1 is 1.09 bits per heavy atom. The third-order valence-electron chi connectivity index (χ3n) is 4.73. The summed E-state index contributed by atoms with van der Waals surface area (Å²) in [6.07, 6.45) is 15.1. The summed E-state index contributed by atoms with van der Waals surface area (Å²) in [5, 5.41) is 3.94. The van der Waals surface area contributed by atoms with Crippen LogP contribution in [0, 0.1) is 0 Å². The third-order valence-corrected chi connectivity index (χ3v) is 4.73. The van der Waals surface area contributed by atoms with E-state index < -0.39 is 0 Å². The number of nitrogens with zero attached hydrogens (tertiary/aromatic N) is 2. The summed E-state index contributed by atoms with van der Waals surface area (Å²) in [5.41, 5.74) is 1.41. The minimum Gasteiger partial charge on any atom is -0.337 e. The lowest BCUT2D eigenvalue weighted by Gasteiger charge is -2.25. The first-order valence-electron chi connectivity index (χ1n) is 8.68. The van der Waals surface area contributed by atoms with E-state index in [0.29, 0.717) is 12.1 Å². The Morgan fingerprint density at radius 3 is 2.55 bits per heavy atom. The summed E-state index contributed by atoms with van der Waals surface area (Å²) in [6, 6.07) is 12.0. The zero-order valence-electron chi connectivity index (χ0n) is 13.3. The van der Waals surface area contributed by atoms with Gasteiger partial charge in [0, 0.05) is 31.0 Å². The molecule has 1 aliphatic carbocycles. The molecule has 0 spiro atoms. The molecule has 1 fully saturated rings. The van der Waals surface area contributed by atoms with E-state index in [2.05, 4.69) is 45.2 Å². The van der Waals surface area contributed by atoms with Gasteiger partial charge in [-0.2, -0.15) is 0 Å². The highest BCUT2D eigenvalue weighted by atomic mass is 15.0. The van der Waals surface area contributed by atoms with E-state index in [1.165, 1.54) is 44.1 Å². The molecule has 1 aliphatic rings. The highest BCUT2D eigenvalue weighted by molar-refractivity contribution is 5.19. The first-order valence-corrected chi connectivity index (χ1v) is 8.68. The molecule has 3 heteroatoms. The van der Waals surface area contributed by atoms with Crippen LogP contribution in [0.5, 0.6) is 0 Å². The minimum atomic E-state index is 0.437. The number of benzene rings is 1. The molecule has 1 atom stereocenters. The number of rotatable bonds is 6. The Balaban J connectivity index is 1.65. The van der Waals surface area contributed by atoms with Crippen molar-refractivity contribution in [3.8, 4) is 0 Å². The summed E-state index contributed by atoms with van der Waals surface area (Å²) < 4.78 is 2.17. The van der Waals surface area contributed by atoms with Gasteiger partial charge in [-0.1, -0.05) is 56.0 Å². The molecule has 1 aromatic heterocycles. The van der Waals surface area contributed by atoms with Gasteiger partial charge in [-0.15, -0.1) is 0 Å². The molecular weight excluding hydrogens is 270 g/mol. The molecule has 1 aromatic carbocycles. The summed E-state index contributed by atoms with van der Waals surface area (Å²) in [5.74, 6) is 0. The van der Waals surface area contributed by atoms with Gasteiger partial charge in [-0.05, 0) is 24.8 Å². The van der Waals surface area contributed by atoms with Crippen LogP contribution in [0.2, 0.25) is 0 Å². The van der Waals surface area contributed by atoms with Gasteiger partial charge in [0.2, 0.25) is 0 Å². The Hall–Kier alpha value is -1.61. The molecular formula is C19H27N3. The van der Waals surface area contributed by atoms with Crippen molar-refractivity contribution in [3.63, 3.8) is 0 Å². The first-order chi connectivity index (χ1) is 10.9. The van der Waals surface area contributed by atoms with Crippen molar-refractivity contribution in [1.82, 2.24) is 14.9 Å². The molecule has 1 N–H and O–H groups in total. The highest BCUT2D eigenvalue weighted by Crippen LogP contribution is 2.23. The second kappa shape index (κ2) is 8.14. The fraction of sp³-hybridized carbons (Fsp3) is 0.526. The van der Waals surface area contributed by atoms with E-state index in [9.17, 15) is 0 Å². The fourth-order valence-corrected chi connectivity index (χ4v) is 3.46. The quantitative estimate of drug-likeness (QED) is 0.804. The average Bonchev–Trinajstić information content (AvgIpc) is 2.95. The van der Waals surface area contributed by atoms with Crippen LogP contribution >= 0.6 is 0 Å². The van der Waals surface area contributed by atoms with Crippen LogP contribution in [0.4, 0.5) is 0 Å². The molecule has 118 valence electrons. The maximum Gasteiger partial charge on any atom is 0.0945 e. The predicted octanol–water partition coefficient (Wildman–Crippen LogP) is 4.33. The van der Waals surface area contributed by atoms with Gasteiger partial charge in [0.15, 0.2) is 0 Å². The second-order valence-corrected chi connectivity index (χ2v) is 6.41. The normalized spacial score (nSPS) is 18.0. The number of aromatic nitrogens is 2. The van der Waals surface area contributed by atoms with Crippen molar-refractivity contribution in [2.24, 2.45) is 0 Å². The lowest BCUT2D eigenvalue weighted by atomic mass is 10.0. The van der Waals surface area contributed by atoms with Crippen molar-refractivity contribution in [2.75, 3.05) is 0 Å². The molecule has 0 bridgehead atoms. The lowest BCUT2D eigenvalue weighted by Crippen LogP contribution is -2.33. The Bertz CT molecular complexity index is 513. The van der Waals surface area contributed by atoms with E-state index >= 15 is 0 Å². The van der Waals surface area contributed by atoms with Crippen molar-refractivity contribution in [1.29, 1.82) is 0 Å². The molecule has 1 heterocycles. The molecule has 0 aliphatic heterocycles. The summed E-state index contributed by atoms with van der Waals surface area (Å²) >= 11 is 0. The maximum atomic E-state index is 4.14. The van der Waals surface area contributed by atoms with Gasteiger partial charge in [0.05, 0.1) is 6.33 Å². The number of imidazole rings is 1. The molecule has 22 heavy (non-hydrogen) atoms. The molecule has 1 saturated carbocycles. The van der Waals surface area contributed by atoms with Crippen LogP contribution in [0.25, 0.3) is 0 Å². The first kappa shape index (κ1) is 15.3. The smallest absolute Gasteiger partial charge is 0.0945 e. The largest absolute Gasteiger partial charge is 0.337 e. The zero-order valence-corrected chi connectivity index (χ0v) is 13.3. The predicted molar refractivity (Wildman–Crippen MR) is 90.7 cm³/mol. The van der Waals surface area contributed by atoms with Gasteiger partial charge >= 0.3 is 0 Å². The monoisotopic (exact) mass is 297 g/mol. The topological polar surface area (TPSA) is 29.9 Å². The van der Waals surface area contributed by atoms with Crippen molar-refractivity contribution in [2.45, 2.75) is 63.6 Å². The SMILES string of the molecule is c1ccc(C(CCn2ccnc2)NC2CCCCCC2)cc1. The van der Waals surface area contributed by atoms with Crippen LogP contribution in [-0.4, -0.2) is 15.6 Å². The molecule has 0 radical (unpaired) electrons. The standard InChI is InChI=1S/C19H27N3/c1-2-7-11-18(10-6-1)21-19(17-8-4-3-5-9-17)12-14-22-15-13-20-16-22/h3-5,8-9,13,15-16,18-19,21H,1-2,6-7,10-12,14H2. The molecule has 3 rings (SSSR count). The Kier molecular flexibility index (Phi) is 5.66. The third kappa shape index (κ3) is 4.44. The van der Waals surface area contributed by atoms with Crippen LogP contribution in [-0.2, 0) is 6.54 Å². The van der Waals surface area contributed by atoms with Crippen LogP contribution < -0.4 is 5.32 Å². The van der Waals surface area contributed by atoms with Crippen molar-refractivity contribution < 1.29 is 0 Å². The number of hydrogen-bond donors (Lipinski definition) is 1. The fourth-order valence-electron chi connectivity index (χ4n) is 3.46. The lowest BCUT2D eigenvalue weighted by molar-refractivity contribution is 0.371. The summed E-state index contributed by atoms with van der Waals surface area (Å²) in [6.45, 7) is 1.01. The van der Waals surface area contributed by atoms with Gasteiger partial charge in [0.1, 0.15) is 0 Å². The second-order valence-electron chi connectivity index (χ2n) is 6.41. The summed E-state index contributed by atoms with van der Waals surface area (Å²) in [7, 11) is 0. The van der Waals surface area contributed by atoms with Crippen molar-refractivity contribution in [3.05, 3.63) is 54.6 Å². The van der Waals surface area contributed by atoms with Gasteiger partial charge in [-0.3, -0.25) is 0 Å². The van der Waals surface area contributed by atoms with Gasteiger partial charge in [-0.25, -0.2) is 4.98 Å². The number of hydrogen-bond acceptors (Lipinski definition) is 2. The Morgan fingerprint density at radius 2 is 1.86 bits per heavy atom. The van der Waals surface area contributed by atoms with Crippen molar-refractivity contribution >= 4 is 0 Å². The molecule has 1 unspecified atom stereocenters. The van der Waals surface area contributed by atoms with E-state index in [0.717, 1.165) is 13.0 Å². The minimum absolute atomic E-state index is 0.437. The molecule has 3 nitrogen and oxygen atoms in total. The van der Waals surface area contributed by atoms with E-state index in [1.807, 2.05) is 18.7 Å². The van der Waals surface area contributed by atoms with E-state index in [4.69, 9.17) is 0 Å². The van der Waals surface area contributed by atoms with Crippen LogP contribution in [0.3, 0.4) is 0 Å². The zero-order chi connectivity index (χ0) is 15.0. The van der Waals surface area contributed by atoms with Crippen LogP contribution in [0.15, 0.2) is 49.1 Å². The molecule has 0 amide bonds. The van der Waals surface area contributed by atoms with E-state index in [1.54, 1.807) is 0 Å². The molecule has 2 aromatic rings. The maximum absolute atomic E-state index is 4.14. The van der Waals surface area contributed by atoms with Gasteiger partial charge in [0.25, 0.3) is 0 Å². The van der Waals surface area contributed by atoms with Crippen LogP contribution in [0.1, 0.15) is 56.6 Å². The average molecular weight is 297 g/mol. The highest BCUT2D eigenvalue weighted by Gasteiger charge is 2.18. The number of nitrogens with one attached hydrogen (secondary N) is 1. The van der Waals surface area contributed by atoms with Gasteiger partial charge < -0.3 is 9.88 Å². The number of aryl methyl sites for hydroxylation is 1.